The van der Waals surface area contributed by atoms with Gasteiger partial charge in [-0.05, 0) is 12.8 Å². The van der Waals surface area contributed by atoms with Gasteiger partial charge in [0.25, 0.3) is 0 Å². The van der Waals surface area contributed by atoms with Gasteiger partial charge in [0.15, 0.2) is 5.78 Å². The third kappa shape index (κ3) is 1.45. The average Bonchev–Trinajstić information content (AvgIpc) is 2.04. The molecular formula is C8H12O2. The Labute approximate surface area is 60.6 Å². The van der Waals surface area contributed by atoms with E-state index in [1.165, 1.54) is 0 Å². The van der Waals surface area contributed by atoms with E-state index in [4.69, 9.17) is 0 Å². The van der Waals surface area contributed by atoms with E-state index in [2.05, 4.69) is 6.58 Å². The predicted octanol–water partition coefficient (Wildman–Crippen LogP) is 1.05. The van der Waals surface area contributed by atoms with Crippen LogP contribution < -0.4 is 0 Å². The predicted molar refractivity (Wildman–Crippen MR) is 38.6 cm³/mol. The molecule has 0 heterocycles. The number of carbonyl (C=O) groups excluding carboxylic acids is 1. The zero-order valence-corrected chi connectivity index (χ0v) is 5.97. The number of aliphatic hydroxyl groups excluding tert-OH is 1. The van der Waals surface area contributed by atoms with Gasteiger partial charge in [-0.1, -0.05) is 13.0 Å². The van der Waals surface area contributed by atoms with Gasteiger partial charge in [0.05, 0.1) is 6.10 Å². The Morgan fingerprint density at radius 2 is 2.20 bits per heavy atom. The minimum Gasteiger partial charge on any atom is -0.388 e. The van der Waals surface area contributed by atoms with E-state index in [1.807, 2.05) is 0 Å². The molecule has 1 saturated carbocycles. The average molecular weight is 140 g/mol. The second-order valence-electron chi connectivity index (χ2n) is 2.71. The van der Waals surface area contributed by atoms with Crippen LogP contribution in [0.1, 0.15) is 25.7 Å². The molecule has 1 atom stereocenters. The molecule has 0 bridgehead atoms. The fraction of sp³-hybridized carbons (Fsp3) is 0.625. The number of aliphatic hydroxyl groups is 1. The molecular weight excluding hydrogens is 128 g/mol. The van der Waals surface area contributed by atoms with Gasteiger partial charge in [0.1, 0.15) is 0 Å². The fourth-order valence-corrected chi connectivity index (χ4v) is 1.14. The van der Waals surface area contributed by atoms with Crippen LogP contribution in [0, 0.1) is 0 Å². The van der Waals surface area contributed by atoms with Crippen molar-refractivity contribution >= 4 is 5.78 Å². The van der Waals surface area contributed by atoms with E-state index >= 15 is 0 Å². The van der Waals surface area contributed by atoms with Crippen molar-refractivity contribution in [2.24, 2.45) is 0 Å². The lowest BCUT2D eigenvalue weighted by Crippen LogP contribution is -2.13. The summed E-state index contributed by atoms with van der Waals surface area (Å²) < 4.78 is 0. The third-order valence-electron chi connectivity index (χ3n) is 1.89. The van der Waals surface area contributed by atoms with Crippen LogP contribution in [0.4, 0.5) is 0 Å². The minimum absolute atomic E-state index is 0.0324. The molecule has 0 radical (unpaired) electrons. The monoisotopic (exact) mass is 140 g/mol. The Bertz CT molecular complexity index is 161. The van der Waals surface area contributed by atoms with E-state index < -0.39 is 6.10 Å². The summed E-state index contributed by atoms with van der Waals surface area (Å²) >= 11 is 0. The van der Waals surface area contributed by atoms with Crippen LogP contribution in [0.3, 0.4) is 0 Å². The molecule has 1 unspecified atom stereocenters. The summed E-state index contributed by atoms with van der Waals surface area (Å²) in [5.41, 5.74) is 0.400. The molecule has 2 heteroatoms. The Morgan fingerprint density at radius 1 is 1.50 bits per heavy atom. The summed E-state index contributed by atoms with van der Waals surface area (Å²) in [5.74, 6) is 0.0324. The van der Waals surface area contributed by atoms with Crippen molar-refractivity contribution in [2.45, 2.75) is 31.8 Å². The molecule has 56 valence electrons. The number of Topliss-reactive ketones (excluding diaryl/α,β-unsaturated/α-hetero) is 1. The lowest BCUT2D eigenvalue weighted by molar-refractivity contribution is -0.116. The zero-order chi connectivity index (χ0) is 7.56. The summed E-state index contributed by atoms with van der Waals surface area (Å²) in [6.07, 6.45) is 2.52. The molecule has 0 aliphatic heterocycles. The van der Waals surface area contributed by atoms with Crippen molar-refractivity contribution in [3.05, 3.63) is 12.2 Å². The number of rotatable bonds is 0. The molecule has 10 heavy (non-hydrogen) atoms. The first-order valence-electron chi connectivity index (χ1n) is 3.62. The number of hydrogen-bond acceptors (Lipinski definition) is 2. The first-order chi connectivity index (χ1) is 4.72. The molecule has 1 aliphatic rings. The molecule has 1 N–H and O–H groups in total. The van der Waals surface area contributed by atoms with E-state index in [0.717, 1.165) is 12.8 Å². The molecule has 0 aromatic heterocycles. The lowest BCUT2D eigenvalue weighted by Gasteiger charge is -2.06. The number of ketones is 1. The second kappa shape index (κ2) is 2.97. The molecule has 1 aliphatic carbocycles. The maximum atomic E-state index is 11.0. The first-order valence-corrected chi connectivity index (χ1v) is 3.62. The normalized spacial score (nSPS) is 28.3. The van der Waals surface area contributed by atoms with Gasteiger partial charge in [0.2, 0.25) is 0 Å². The SMILES string of the molecule is C=C1C(=O)CCCCC1O. The summed E-state index contributed by atoms with van der Waals surface area (Å²) in [5, 5.41) is 9.21. The summed E-state index contributed by atoms with van der Waals surface area (Å²) in [4.78, 5) is 11.0. The van der Waals surface area contributed by atoms with Crippen molar-refractivity contribution in [1.82, 2.24) is 0 Å². The van der Waals surface area contributed by atoms with Crippen molar-refractivity contribution in [2.75, 3.05) is 0 Å². The lowest BCUT2D eigenvalue weighted by atomic mass is 10.1. The smallest absolute Gasteiger partial charge is 0.160 e. The molecule has 0 amide bonds. The van der Waals surface area contributed by atoms with Crippen molar-refractivity contribution < 1.29 is 9.90 Å². The number of hydrogen-bond donors (Lipinski definition) is 1. The van der Waals surface area contributed by atoms with E-state index in [9.17, 15) is 9.90 Å². The largest absolute Gasteiger partial charge is 0.388 e. The molecule has 0 spiro atoms. The second-order valence-corrected chi connectivity index (χ2v) is 2.71. The summed E-state index contributed by atoms with van der Waals surface area (Å²) in [6, 6.07) is 0. The Kier molecular flexibility index (Phi) is 2.22. The summed E-state index contributed by atoms with van der Waals surface area (Å²) in [6.45, 7) is 3.54. The molecule has 1 fully saturated rings. The van der Waals surface area contributed by atoms with Crippen LogP contribution in [-0.2, 0) is 4.79 Å². The zero-order valence-electron chi connectivity index (χ0n) is 5.97. The van der Waals surface area contributed by atoms with Crippen LogP contribution in [0.5, 0.6) is 0 Å². The van der Waals surface area contributed by atoms with E-state index in [1.54, 1.807) is 0 Å². The standard InChI is InChI=1S/C8H12O2/c1-6-7(9)4-2-3-5-8(6)10/h7,9H,1-5H2. The van der Waals surface area contributed by atoms with Gasteiger partial charge < -0.3 is 5.11 Å². The van der Waals surface area contributed by atoms with Crippen molar-refractivity contribution in [1.29, 1.82) is 0 Å². The topological polar surface area (TPSA) is 37.3 Å². The fourth-order valence-electron chi connectivity index (χ4n) is 1.14. The number of carbonyl (C=O) groups is 1. The van der Waals surface area contributed by atoms with E-state index in [0.29, 0.717) is 18.4 Å². The first kappa shape index (κ1) is 7.48. The van der Waals surface area contributed by atoms with Gasteiger partial charge in [-0.2, -0.15) is 0 Å². The summed E-state index contributed by atoms with van der Waals surface area (Å²) in [7, 11) is 0. The molecule has 0 aromatic rings. The van der Waals surface area contributed by atoms with Crippen LogP contribution in [0.15, 0.2) is 12.2 Å². The van der Waals surface area contributed by atoms with Crippen LogP contribution in [-0.4, -0.2) is 17.0 Å². The van der Waals surface area contributed by atoms with Gasteiger partial charge in [-0.25, -0.2) is 0 Å². The van der Waals surface area contributed by atoms with Gasteiger partial charge >= 0.3 is 0 Å². The Morgan fingerprint density at radius 3 is 2.90 bits per heavy atom. The van der Waals surface area contributed by atoms with Gasteiger partial charge in [0, 0.05) is 12.0 Å². The van der Waals surface area contributed by atoms with Crippen molar-refractivity contribution in [3.8, 4) is 0 Å². The highest BCUT2D eigenvalue weighted by Crippen LogP contribution is 2.17. The van der Waals surface area contributed by atoms with Gasteiger partial charge in [-0.3, -0.25) is 4.79 Å². The third-order valence-corrected chi connectivity index (χ3v) is 1.89. The maximum absolute atomic E-state index is 11.0. The highest BCUT2D eigenvalue weighted by atomic mass is 16.3. The Hall–Kier alpha value is -0.630. The van der Waals surface area contributed by atoms with Crippen LogP contribution >= 0.6 is 0 Å². The van der Waals surface area contributed by atoms with Crippen LogP contribution in [0.25, 0.3) is 0 Å². The van der Waals surface area contributed by atoms with Gasteiger partial charge in [-0.15, -0.1) is 0 Å². The maximum Gasteiger partial charge on any atom is 0.160 e. The molecule has 0 saturated heterocycles. The van der Waals surface area contributed by atoms with Crippen LogP contribution in [0.2, 0.25) is 0 Å². The van der Waals surface area contributed by atoms with Crippen molar-refractivity contribution in [3.63, 3.8) is 0 Å². The highest BCUT2D eigenvalue weighted by Gasteiger charge is 2.18. The molecule has 1 rings (SSSR count). The highest BCUT2D eigenvalue weighted by molar-refractivity contribution is 5.95. The Balaban J connectivity index is 2.64. The minimum atomic E-state index is -0.574. The van der Waals surface area contributed by atoms with E-state index in [-0.39, 0.29) is 5.78 Å². The quantitative estimate of drug-likeness (QED) is 0.403. The molecule has 2 nitrogen and oxygen atoms in total. The molecule has 0 aromatic carbocycles.